The maximum atomic E-state index is 12.5. The monoisotopic (exact) mass is 287 g/mol. The Morgan fingerprint density at radius 3 is 2.42 bits per heavy atom. The number of thioether (sulfide) groups is 1. The number of hydrogen-bond donors (Lipinski definition) is 1. The van der Waals surface area contributed by atoms with E-state index in [9.17, 15) is 14.7 Å². The Hall–Kier alpha value is -0.710. The molecular weight excluding hydrogens is 262 g/mol. The standard InChI is InChI=1S/C14H25NO3S/c1-5-10(8-19-4)15(3)13(16)11-6-9(2)7-12(11)14(17)18/h9-12H,5-8H2,1-4H3,(H,17,18). The van der Waals surface area contributed by atoms with Gasteiger partial charge in [-0.15, -0.1) is 0 Å². The van der Waals surface area contributed by atoms with Crippen molar-refractivity contribution in [3.05, 3.63) is 0 Å². The van der Waals surface area contributed by atoms with E-state index in [1.165, 1.54) is 0 Å². The Morgan fingerprint density at radius 2 is 1.95 bits per heavy atom. The second kappa shape index (κ2) is 7.17. The molecule has 0 aliphatic heterocycles. The lowest BCUT2D eigenvalue weighted by atomic mass is 9.94. The van der Waals surface area contributed by atoms with E-state index in [4.69, 9.17) is 0 Å². The highest BCUT2D eigenvalue weighted by molar-refractivity contribution is 7.98. The highest BCUT2D eigenvalue weighted by Gasteiger charge is 2.42. The van der Waals surface area contributed by atoms with Crippen LogP contribution >= 0.6 is 11.8 Å². The van der Waals surface area contributed by atoms with Crippen LogP contribution in [0.4, 0.5) is 0 Å². The van der Waals surface area contributed by atoms with E-state index in [2.05, 4.69) is 6.92 Å². The number of hydrogen-bond acceptors (Lipinski definition) is 3. The molecule has 0 saturated heterocycles. The fourth-order valence-corrected chi connectivity index (χ4v) is 3.82. The van der Waals surface area contributed by atoms with Crippen LogP contribution in [0.3, 0.4) is 0 Å². The van der Waals surface area contributed by atoms with Gasteiger partial charge in [-0.25, -0.2) is 0 Å². The fourth-order valence-electron chi connectivity index (χ4n) is 2.97. The highest BCUT2D eigenvalue weighted by atomic mass is 32.2. The molecule has 4 nitrogen and oxygen atoms in total. The number of amides is 1. The summed E-state index contributed by atoms with van der Waals surface area (Å²) in [6.45, 7) is 4.10. The van der Waals surface area contributed by atoms with Gasteiger partial charge in [0.15, 0.2) is 0 Å². The van der Waals surface area contributed by atoms with Crippen molar-refractivity contribution >= 4 is 23.6 Å². The quantitative estimate of drug-likeness (QED) is 0.814. The van der Waals surface area contributed by atoms with Crippen LogP contribution in [-0.2, 0) is 9.59 Å². The molecule has 110 valence electrons. The third-order valence-electron chi connectivity index (χ3n) is 4.16. The van der Waals surface area contributed by atoms with Crippen LogP contribution in [0, 0.1) is 17.8 Å². The summed E-state index contributed by atoms with van der Waals surface area (Å²) in [5.41, 5.74) is 0. The molecule has 0 spiro atoms. The maximum absolute atomic E-state index is 12.5. The number of carbonyl (C=O) groups is 2. The predicted molar refractivity (Wildman–Crippen MR) is 78.2 cm³/mol. The lowest BCUT2D eigenvalue weighted by Gasteiger charge is -2.30. The summed E-state index contributed by atoms with van der Waals surface area (Å²) >= 11 is 1.72. The van der Waals surface area contributed by atoms with Crippen molar-refractivity contribution < 1.29 is 14.7 Å². The van der Waals surface area contributed by atoms with Gasteiger partial charge in [-0.2, -0.15) is 11.8 Å². The molecule has 0 radical (unpaired) electrons. The minimum atomic E-state index is -0.825. The van der Waals surface area contributed by atoms with Gasteiger partial charge >= 0.3 is 5.97 Å². The lowest BCUT2D eigenvalue weighted by Crippen LogP contribution is -2.43. The first-order valence-electron chi connectivity index (χ1n) is 6.90. The van der Waals surface area contributed by atoms with E-state index in [-0.39, 0.29) is 17.9 Å². The third kappa shape index (κ3) is 3.88. The molecule has 1 fully saturated rings. The van der Waals surface area contributed by atoms with Gasteiger partial charge in [0, 0.05) is 18.8 Å². The van der Waals surface area contributed by atoms with E-state index in [0.29, 0.717) is 18.8 Å². The Labute approximate surface area is 119 Å². The normalized spacial score (nSPS) is 28.1. The second-order valence-electron chi connectivity index (χ2n) is 5.59. The molecule has 1 rings (SSSR count). The zero-order chi connectivity index (χ0) is 14.6. The van der Waals surface area contributed by atoms with Gasteiger partial charge in [0.05, 0.1) is 11.8 Å². The molecule has 0 aromatic heterocycles. The summed E-state index contributed by atoms with van der Waals surface area (Å²) in [7, 11) is 1.81. The number of nitrogens with zero attached hydrogens (tertiary/aromatic N) is 1. The summed E-state index contributed by atoms with van der Waals surface area (Å²) in [5, 5.41) is 9.26. The van der Waals surface area contributed by atoms with Gasteiger partial charge in [0.2, 0.25) is 5.91 Å². The first kappa shape index (κ1) is 16.3. The highest BCUT2D eigenvalue weighted by Crippen LogP contribution is 2.37. The van der Waals surface area contributed by atoms with E-state index in [0.717, 1.165) is 12.2 Å². The van der Waals surface area contributed by atoms with Crippen LogP contribution in [0.15, 0.2) is 0 Å². The summed E-state index contributed by atoms with van der Waals surface area (Å²) in [6.07, 6.45) is 4.26. The van der Waals surface area contributed by atoms with Crippen LogP contribution in [0.5, 0.6) is 0 Å². The molecule has 4 atom stereocenters. The van der Waals surface area contributed by atoms with E-state index in [1.807, 2.05) is 20.2 Å². The van der Waals surface area contributed by atoms with E-state index < -0.39 is 11.9 Å². The van der Waals surface area contributed by atoms with Crippen molar-refractivity contribution in [1.82, 2.24) is 4.90 Å². The van der Waals surface area contributed by atoms with E-state index in [1.54, 1.807) is 16.7 Å². The smallest absolute Gasteiger partial charge is 0.307 e. The van der Waals surface area contributed by atoms with Gasteiger partial charge in [-0.05, 0) is 31.4 Å². The molecule has 1 N–H and O–H groups in total. The van der Waals surface area contributed by atoms with Gasteiger partial charge in [0.1, 0.15) is 0 Å². The zero-order valence-electron chi connectivity index (χ0n) is 12.3. The van der Waals surface area contributed by atoms with Crippen LogP contribution in [0.2, 0.25) is 0 Å². The Balaban J connectivity index is 2.77. The Kier molecular flexibility index (Phi) is 6.17. The first-order valence-corrected chi connectivity index (χ1v) is 8.30. The molecule has 1 aliphatic carbocycles. The molecule has 1 aliphatic rings. The zero-order valence-corrected chi connectivity index (χ0v) is 13.1. The summed E-state index contributed by atoms with van der Waals surface area (Å²) in [4.78, 5) is 25.6. The number of carbonyl (C=O) groups excluding carboxylic acids is 1. The molecule has 0 bridgehead atoms. The SMILES string of the molecule is CCC(CSC)N(C)C(=O)C1CC(C)CC1C(=O)O. The molecule has 1 amide bonds. The number of carboxylic acid groups (broad SMARTS) is 1. The molecule has 4 unspecified atom stereocenters. The van der Waals surface area contributed by atoms with Crippen LogP contribution < -0.4 is 0 Å². The van der Waals surface area contributed by atoms with Crippen molar-refractivity contribution in [2.24, 2.45) is 17.8 Å². The second-order valence-corrected chi connectivity index (χ2v) is 6.51. The number of rotatable bonds is 6. The molecule has 0 heterocycles. The van der Waals surface area contributed by atoms with Crippen molar-refractivity contribution in [3.63, 3.8) is 0 Å². The van der Waals surface area contributed by atoms with E-state index >= 15 is 0 Å². The Morgan fingerprint density at radius 1 is 1.37 bits per heavy atom. The van der Waals surface area contributed by atoms with Crippen LogP contribution in [0.1, 0.15) is 33.1 Å². The van der Waals surface area contributed by atoms with Crippen molar-refractivity contribution in [2.45, 2.75) is 39.2 Å². The summed E-state index contributed by atoms with van der Waals surface area (Å²) in [6, 6.07) is 0.202. The van der Waals surface area contributed by atoms with Crippen molar-refractivity contribution in [2.75, 3.05) is 19.1 Å². The molecule has 1 saturated carbocycles. The van der Waals surface area contributed by atoms with Crippen molar-refractivity contribution in [3.8, 4) is 0 Å². The molecule has 0 aromatic carbocycles. The molecule has 19 heavy (non-hydrogen) atoms. The van der Waals surface area contributed by atoms with Gasteiger partial charge < -0.3 is 10.0 Å². The van der Waals surface area contributed by atoms with Crippen molar-refractivity contribution in [1.29, 1.82) is 0 Å². The third-order valence-corrected chi connectivity index (χ3v) is 4.88. The minimum Gasteiger partial charge on any atom is -0.481 e. The molecular formula is C14H25NO3S. The predicted octanol–water partition coefficient (Wildman–Crippen LogP) is 2.33. The van der Waals surface area contributed by atoms with Crippen LogP contribution in [-0.4, -0.2) is 47.0 Å². The Bertz CT molecular complexity index is 335. The number of carboxylic acids is 1. The first-order chi connectivity index (χ1) is 8.92. The number of aliphatic carboxylic acids is 1. The summed E-state index contributed by atoms with van der Waals surface area (Å²) < 4.78 is 0. The van der Waals surface area contributed by atoms with Crippen LogP contribution in [0.25, 0.3) is 0 Å². The molecule has 5 heteroatoms. The van der Waals surface area contributed by atoms with Gasteiger partial charge in [0.25, 0.3) is 0 Å². The summed E-state index contributed by atoms with van der Waals surface area (Å²) in [5.74, 6) is -0.431. The minimum absolute atomic E-state index is 0.0117. The fraction of sp³-hybridized carbons (Fsp3) is 0.857. The van der Waals surface area contributed by atoms with Gasteiger partial charge in [-0.1, -0.05) is 13.8 Å². The van der Waals surface area contributed by atoms with Gasteiger partial charge in [-0.3, -0.25) is 9.59 Å². The molecule has 0 aromatic rings. The lowest BCUT2D eigenvalue weighted by molar-refractivity contribution is -0.149. The topological polar surface area (TPSA) is 57.6 Å². The average molecular weight is 287 g/mol. The average Bonchev–Trinajstić information content (AvgIpc) is 2.76. The largest absolute Gasteiger partial charge is 0.481 e. The maximum Gasteiger partial charge on any atom is 0.307 e.